The molecule has 0 N–H and O–H groups in total. The van der Waals surface area contributed by atoms with Crippen LogP contribution in [-0.4, -0.2) is 36.9 Å². The lowest BCUT2D eigenvalue weighted by atomic mass is 10.1. The number of likely N-dealkylation sites (tertiary alicyclic amines) is 1. The fourth-order valence-electron chi connectivity index (χ4n) is 3.57. The molecular weight excluding hydrogens is 371 g/mol. The van der Waals surface area contributed by atoms with Crippen molar-refractivity contribution in [1.82, 2.24) is 24.5 Å². The zero-order chi connectivity index (χ0) is 19.9. The number of amides is 1. The first-order chi connectivity index (χ1) is 13.4. The van der Waals surface area contributed by atoms with Crippen LogP contribution in [0.4, 0.5) is 13.2 Å². The predicted octanol–water partition coefficient (Wildman–Crippen LogP) is 3.68. The van der Waals surface area contributed by atoms with Crippen LogP contribution in [0.1, 0.15) is 53.2 Å². The van der Waals surface area contributed by atoms with Gasteiger partial charge in [-0.25, -0.2) is 9.50 Å². The SMILES string of the molecule is CCc1cc(C(F)(F)F)n2nc([C@@H]3CCCN3C(=O)c3ccncc3)cc2n1. The first kappa shape index (κ1) is 18.4. The monoisotopic (exact) mass is 389 g/mol. The van der Waals surface area contributed by atoms with Gasteiger partial charge in [-0.3, -0.25) is 9.78 Å². The Hall–Kier alpha value is -2.97. The summed E-state index contributed by atoms with van der Waals surface area (Å²) >= 11 is 0. The van der Waals surface area contributed by atoms with E-state index in [1.54, 1.807) is 30.0 Å². The first-order valence-corrected chi connectivity index (χ1v) is 9.06. The van der Waals surface area contributed by atoms with Gasteiger partial charge in [-0.15, -0.1) is 0 Å². The highest BCUT2D eigenvalue weighted by Gasteiger charge is 2.37. The van der Waals surface area contributed by atoms with Crippen molar-refractivity contribution in [2.24, 2.45) is 0 Å². The molecule has 1 aliphatic rings. The van der Waals surface area contributed by atoms with Crippen LogP contribution >= 0.6 is 0 Å². The molecule has 1 atom stereocenters. The second kappa shape index (κ2) is 6.88. The zero-order valence-corrected chi connectivity index (χ0v) is 15.1. The molecule has 0 spiro atoms. The standard InChI is InChI=1S/C19H18F3N5O/c1-2-13-10-16(19(20,21)22)27-17(24-13)11-14(25-27)15-4-3-9-26(15)18(28)12-5-7-23-8-6-12/h5-8,10-11,15H,2-4,9H2,1H3/t15-/m0/s1. The van der Waals surface area contributed by atoms with Crippen molar-refractivity contribution >= 4 is 11.6 Å². The summed E-state index contributed by atoms with van der Waals surface area (Å²) < 4.78 is 41.3. The molecule has 4 heterocycles. The molecule has 0 unspecified atom stereocenters. The average Bonchev–Trinajstić information content (AvgIpc) is 3.32. The van der Waals surface area contributed by atoms with Crippen molar-refractivity contribution in [3.63, 3.8) is 0 Å². The van der Waals surface area contributed by atoms with Crippen molar-refractivity contribution in [3.8, 4) is 0 Å². The highest BCUT2D eigenvalue weighted by atomic mass is 19.4. The molecule has 0 aliphatic carbocycles. The van der Waals surface area contributed by atoms with E-state index in [4.69, 9.17) is 0 Å². The van der Waals surface area contributed by atoms with E-state index in [1.165, 1.54) is 12.4 Å². The summed E-state index contributed by atoms with van der Waals surface area (Å²) in [6, 6.07) is 5.44. The lowest BCUT2D eigenvalue weighted by Gasteiger charge is -2.23. The summed E-state index contributed by atoms with van der Waals surface area (Å²) in [4.78, 5) is 22.7. The van der Waals surface area contributed by atoms with Gasteiger partial charge in [0.25, 0.3) is 5.91 Å². The van der Waals surface area contributed by atoms with E-state index in [9.17, 15) is 18.0 Å². The smallest absolute Gasteiger partial charge is 0.330 e. The number of halogens is 3. The highest BCUT2D eigenvalue weighted by Crippen LogP contribution is 2.35. The van der Waals surface area contributed by atoms with Crippen molar-refractivity contribution in [2.75, 3.05) is 6.54 Å². The molecule has 146 valence electrons. The number of carbonyl (C=O) groups excluding carboxylic acids is 1. The number of carbonyl (C=O) groups is 1. The predicted molar refractivity (Wildman–Crippen MR) is 94.6 cm³/mol. The Morgan fingerprint density at radius 2 is 2.00 bits per heavy atom. The van der Waals surface area contributed by atoms with Gasteiger partial charge < -0.3 is 4.90 Å². The molecular formula is C19H18F3N5O. The Morgan fingerprint density at radius 1 is 1.25 bits per heavy atom. The Bertz CT molecular complexity index is 1020. The summed E-state index contributed by atoms with van der Waals surface area (Å²) in [5.41, 5.74) is 0.553. The van der Waals surface area contributed by atoms with Gasteiger partial charge in [0, 0.05) is 36.3 Å². The fraction of sp³-hybridized carbons (Fsp3) is 0.368. The van der Waals surface area contributed by atoms with E-state index in [0.29, 0.717) is 36.3 Å². The Labute approximate surface area is 159 Å². The number of fused-ring (bicyclic) bond motifs is 1. The number of hydrogen-bond acceptors (Lipinski definition) is 4. The van der Waals surface area contributed by atoms with Crippen LogP contribution in [-0.2, 0) is 12.6 Å². The van der Waals surface area contributed by atoms with E-state index in [0.717, 1.165) is 17.0 Å². The van der Waals surface area contributed by atoms with Crippen LogP contribution in [0.3, 0.4) is 0 Å². The molecule has 1 saturated heterocycles. The van der Waals surface area contributed by atoms with Crippen molar-refractivity contribution in [1.29, 1.82) is 0 Å². The number of hydrogen-bond donors (Lipinski definition) is 0. The number of aromatic nitrogens is 4. The minimum absolute atomic E-state index is 0.143. The molecule has 0 radical (unpaired) electrons. The van der Waals surface area contributed by atoms with Crippen molar-refractivity contribution in [3.05, 3.63) is 59.3 Å². The quantitative estimate of drug-likeness (QED) is 0.686. The lowest BCUT2D eigenvalue weighted by Crippen LogP contribution is -2.30. The van der Waals surface area contributed by atoms with E-state index in [1.807, 2.05) is 0 Å². The summed E-state index contributed by atoms with van der Waals surface area (Å²) in [7, 11) is 0. The summed E-state index contributed by atoms with van der Waals surface area (Å²) in [6.07, 6.45) is 0.314. The number of rotatable bonds is 3. The molecule has 6 nitrogen and oxygen atoms in total. The van der Waals surface area contributed by atoms with E-state index < -0.39 is 11.9 Å². The third kappa shape index (κ3) is 3.21. The molecule has 9 heteroatoms. The molecule has 3 aromatic heterocycles. The fourth-order valence-corrected chi connectivity index (χ4v) is 3.57. The van der Waals surface area contributed by atoms with Gasteiger partial charge in [-0.2, -0.15) is 18.3 Å². The first-order valence-electron chi connectivity index (χ1n) is 9.06. The Kier molecular flexibility index (Phi) is 4.52. The zero-order valence-electron chi connectivity index (χ0n) is 15.1. The third-order valence-electron chi connectivity index (χ3n) is 4.93. The van der Waals surface area contributed by atoms with Crippen LogP contribution < -0.4 is 0 Å². The second-order valence-electron chi connectivity index (χ2n) is 6.72. The molecule has 4 rings (SSSR count). The number of nitrogens with zero attached hydrogens (tertiary/aromatic N) is 5. The van der Waals surface area contributed by atoms with Gasteiger partial charge in [0.15, 0.2) is 5.65 Å². The minimum atomic E-state index is -4.55. The molecule has 1 fully saturated rings. The van der Waals surface area contributed by atoms with Gasteiger partial charge in [0.2, 0.25) is 0 Å². The van der Waals surface area contributed by atoms with E-state index in [2.05, 4.69) is 15.1 Å². The molecule has 0 saturated carbocycles. The average molecular weight is 389 g/mol. The summed E-state index contributed by atoms with van der Waals surface area (Å²) in [5, 5.41) is 4.19. The van der Waals surface area contributed by atoms with E-state index in [-0.39, 0.29) is 17.6 Å². The largest absolute Gasteiger partial charge is 0.433 e. The van der Waals surface area contributed by atoms with Crippen molar-refractivity contribution in [2.45, 2.75) is 38.4 Å². The number of aryl methyl sites for hydroxylation is 1. The normalized spacial score (nSPS) is 17.4. The molecule has 0 aromatic carbocycles. The van der Waals surface area contributed by atoms with Gasteiger partial charge in [-0.05, 0) is 37.5 Å². The highest BCUT2D eigenvalue weighted by molar-refractivity contribution is 5.94. The van der Waals surface area contributed by atoms with Gasteiger partial charge in [0.1, 0.15) is 5.69 Å². The van der Waals surface area contributed by atoms with Gasteiger partial charge >= 0.3 is 6.18 Å². The Balaban J connectivity index is 1.75. The van der Waals surface area contributed by atoms with Crippen LogP contribution in [0.5, 0.6) is 0 Å². The second-order valence-corrected chi connectivity index (χ2v) is 6.72. The van der Waals surface area contributed by atoms with Crippen molar-refractivity contribution < 1.29 is 18.0 Å². The maximum absolute atomic E-state index is 13.5. The van der Waals surface area contributed by atoms with Crippen LogP contribution in [0, 0.1) is 0 Å². The summed E-state index contributed by atoms with van der Waals surface area (Å²) in [6.45, 7) is 2.28. The molecule has 1 amide bonds. The van der Waals surface area contributed by atoms with Crippen LogP contribution in [0.25, 0.3) is 5.65 Å². The third-order valence-corrected chi connectivity index (χ3v) is 4.93. The van der Waals surface area contributed by atoms with Gasteiger partial charge in [0.05, 0.1) is 11.7 Å². The minimum Gasteiger partial charge on any atom is -0.330 e. The number of alkyl halides is 3. The summed E-state index contributed by atoms with van der Waals surface area (Å²) in [5.74, 6) is -0.180. The van der Waals surface area contributed by atoms with Crippen LogP contribution in [0.2, 0.25) is 0 Å². The Morgan fingerprint density at radius 3 is 2.68 bits per heavy atom. The lowest BCUT2D eigenvalue weighted by molar-refractivity contribution is -0.142. The van der Waals surface area contributed by atoms with E-state index >= 15 is 0 Å². The molecule has 1 aliphatic heterocycles. The molecule has 3 aromatic rings. The molecule has 28 heavy (non-hydrogen) atoms. The van der Waals surface area contributed by atoms with Gasteiger partial charge in [-0.1, -0.05) is 6.92 Å². The van der Waals surface area contributed by atoms with Crippen LogP contribution in [0.15, 0.2) is 36.7 Å². The topological polar surface area (TPSA) is 63.4 Å². The molecule has 0 bridgehead atoms. The number of pyridine rings is 1. The maximum Gasteiger partial charge on any atom is 0.433 e. The maximum atomic E-state index is 13.5.